The highest BCUT2D eigenvalue weighted by molar-refractivity contribution is 7.15. The first-order valence-electron chi connectivity index (χ1n) is 21.3. The summed E-state index contributed by atoms with van der Waals surface area (Å²) >= 11 is 1.63. The van der Waals surface area contributed by atoms with E-state index in [-0.39, 0.29) is 57.0 Å². The van der Waals surface area contributed by atoms with E-state index in [9.17, 15) is 19.2 Å². The minimum atomic E-state index is -0.682. The Labute approximate surface area is 373 Å². The molecular formula is C46H49N7O10S. The maximum absolute atomic E-state index is 13.0. The SMILES string of the molecule is Cc1nnc2n1-c1sc(C#Cc3cnn(CCCC(=O)OCCOCCOCCOCCOc4cccc5c4CN(C4CCC(=O)NC4=O)C5=O)c3)c(Cc3ccccc3)c1COC2. The summed E-state index contributed by atoms with van der Waals surface area (Å²) in [7, 11) is 0. The normalized spacial score (nSPS) is 15.5. The number of esters is 1. The maximum atomic E-state index is 13.0. The van der Waals surface area contributed by atoms with Crippen LogP contribution in [0.3, 0.4) is 0 Å². The van der Waals surface area contributed by atoms with E-state index in [4.69, 9.17) is 28.4 Å². The van der Waals surface area contributed by atoms with Gasteiger partial charge in [-0.25, -0.2) is 0 Å². The van der Waals surface area contributed by atoms with Gasteiger partial charge < -0.3 is 33.3 Å². The molecule has 3 aromatic heterocycles. The molecule has 1 fully saturated rings. The van der Waals surface area contributed by atoms with Gasteiger partial charge in [0.1, 0.15) is 42.4 Å². The van der Waals surface area contributed by atoms with Crippen LogP contribution in [-0.2, 0) is 70.8 Å². The molecular weight excluding hydrogens is 843 g/mol. The maximum Gasteiger partial charge on any atom is 0.305 e. The molecule has 17 nitrogen and oxygen atoms in total. The van der Waals surface area contributed by atoms with E-state index >= 15 is 0 Å². The second-order valence-electron chi connectivity index (χ2n) is 15.3. The lowest BCUT2D eigenvalue weighted by Gasteiger charge is -2.29. The first-order valence-corrected chi connectivity index (χ1v) is 22.1. The minimum absolute atomic E-state index is 0.153. The molecule has 1 saturated heterocycles. The van der Waals surface area contributed by atoms with E-state index < -0.39 is 11.9 Å². The number of aromatic nitrogens is 5. The van der Waals surface area contributed by atoms with Gasteiger partial charge in [-0.1, -0.05) is 48.2 Å². The van der Waals surface area contributed by atoms with E-state index in [1.54, 1.807) is 40.4 Å². The third-order valence-corrected chi connectivity index (χ3v) is 12.0. The predicted molar refractivity (Wildman–Crippen MR) is 231 cm³/mol. The standard InChI is InChI=1S/C46H49N7O10S/c1-31-49-50-41-30-61-29-37-35(25-32-7-3-2-4-8-32)40(64-46(37)53(31)41)14-12-33-26-47-51(27-33)16-6-11-43(55)63-24-22-60-20-18-58-17-19-59-21-23-62-39-10-5-9-34-36(39)28-52(45(34)57)38-13-15-42(54)48-44(38)56/h2-5,7-10,26-27,38H,6,11,13,15-25,28-30H2,1H3,(H,48,54,56). The van der Waals surface area contributed by atoms with Crippen molar-refractivity contribution in [2.75, 3.05) is 52.9 Å². The summed E-state index contributed by atoms with van der Waals surface area (Å²) in [5.41, 5.74) is 5.44. The van der Waals surface area contributed by atoms with E-state index in [1.165, 1.54) is 10.5 Å². The first kappa shape index (κ1) is 44.4. The fourth-order valence-corrected chi connectivity index (χ4v) is 8.96. The molecule has 3 aliphatic heterocycles. The quantitative estimate of drug-likeness (QED) is 0.0511. The van der Waals surface area contributed by atoms with Crippen molar-refractivity contribution >= 4 is 35.0 Å². The number of benzene rings is 2. The number of hydrogen-bond donors (Lipinski definition) is 1. The Kier molecular flexibility index (Phi) is 14.9. The molecule has 1 atom stereocenters. The van der Waals surface area contributed by atoms with Crippen molar-refractivity contribution in [2.24, 2.45) is 0 Å². The van der Waals surface area contributed by atoms with Crippen molar-refractivity contribution in [1.29, 1.82) is 0 Å². The Morgan fingerprint density at radius 3 is 2.48 bits per heavy atom. The first-order chi connectivity index (χ1) is 31.3. The monoisotopic (exact) mass is 891 g/mol. The van der Waals surface area contributed by atoms with Crippen LogP contribution in [0.15, 0.2) is 60.9 Å². The lowest BCUT2D eigenvalue weighted by molar-refractivity contribution is -0.145. The lowest BCUT2D eigenvalue weighted by Crippen LogP contribution is -2.52. The largest absolute Gasteiger partial charge is 0.491 e. The number of ether oxygens (including phenoxy) is 6. The molecule has 334 valence electrons. The van der Waals surface area contributed by atoms with Crippen LogP contribution in [0.1, 0.15) is 80.4 Å². The predicted octanol–water partition coefficient (Wildman–Crippen LogP) is 4.07. The highest BCUT2D eigenvalue weighted by Crippen LogP contribution is 2.37. The summed E-state index contributed by atoms with van der Waals surface area (Å²) in [4.78, 5) is 51.7. The van der Waals surface area contributed by atoms with Crippen molar-refractivity contribution in [2.45, 2.75) is 71.4 Å². The van der Waals surface area contributed by atoms with Gasteiger partial charge in [-0.3, -0.25) is 33.7 Å². The number of imide groups is 1. The summed E-state index contributed by atoms with van der Waals surface area (Å²) in [5.74, 6) is 7.55. The van der Waals surface area contributed by atoms with Crippen LogP contribution >= 0.6 is 11.3 Å². The second kappa shape index (κ2) is 21.4. The van der Waals surface area contributed by atoms with Gasteiger partial charge in [-0.05, 0) is 49.4 Å². The van der Waals surface area contributed by atoms with Gasteiger partial charge in [-0.2, -0.15) is 5.10 Å². The van der Waals surface area contributed by atoms with Crippen LogP contribution in [0.2, 0.25) is 0 Å². The molecule has 64 heavy (non-hydrogen) atoms. The molecule has 6 heterocycles. The number of nitrogens with zero attached hydrogens (tertiary/aromatic N) is 6. The van der Waals surface area contributed by atoms with Gasteiger partial charge >= 0.3 is 5.97 Å². The highest BCUT2D eigenvalue weighted by atomic mass is 32.1. The molecule has 3 aliphatic rings. The average molecular weight is 892 g/mol. The number of nitrogens with one attached hydrogen (secondary N) is 1. The number of fused-ring (bicyclic) bond motifs is 4. The van der Waals surface area contributed by atoms with Gasteiger partial charge in [0.2, 0.25) is 11.8 Å². The van der Waals surface area contributed by atoms with Gasteiger partial charge in [-0.15, -0.1) is 21.5 Å². The Morgan fingerprint density at radius 1 is 0.906 bits per heavy atom. The number of thiophene rings is 1. The molecule has 1 N–H and O–H groups in total. The molecule has 0 radical (unpaired) electrons. The summed E-state index contributed by atoms with van der Waals surface area (Å²) < 4.78 is 37.8. The molecule has 18 heteroatoms. The van der Waals surface area contributed by atoms with Gasteiger partial charge in [0.05, 0.1) is 69.4 Å². The highest BCUT2D eigenvalue weighted by Gasteiger charge is 2.40. The number of rotatable bonds is 20. The Bertz CT molecular complexity index is 2520. The molecule has 0 saturated carbocycles. The van der Waals surface area contributed by atoms with Crippen molar-refractivity contribution in [1.82, 2.24) is 34.8 Å². The average Bonchev–Trinajstić information content (AvgIpc) is 4.04. The summed E-state index contributed by atoms with van der Waals surface area (Å²) in [6.45, 7) is 6.04. The molecule has 2 aromatic carbocycles. The van der Waals surface area contributed by atoms with Crippen LogP contribution in [0.4, 0.5) is 0 Å². The smallest absolute Gasteiger partial charge is 0.305 e. The number of carbonyl (C=O) groups is 4. The van der Waals surface area contributed by atoms with Gasteiger partial charge in [0.15, 0.2) is 5.82 Å². The lowest BCUT2D eigenvalue weighted by atomic mass is 10.0. The van der Waals surface area contributed by atoms with Crippen molar-refractivity contribution in [3.8, 4) is 22.6 Å². The molecule has 3 amide bonds. The Hall–Kier alpha value is -6.23. The fraction of sp³-hybridized carbons (Fsp3) is 0.413. The third kappa shape index (κ3) is 10.9. The molecule has 5 aromatic rings. The fourth-order valence-electron chi connectivity index (χ4n) is 7.71. The zero-order valence-electron chi connectivity index (χ0n) is 35.5. The third-order valence-electron chi connectivity index (χ3n) is 10.9. The number of aryl methyl sites for hydroxylation is 2. The summed E-state index contributed by atoms with van der Waals surface area (Å²) in [6, 6.07) is 14.9. The van der Waals surface area contributed by atoms with E-state index in [2.05, 4.69) is 49.2 Å². The number of amides is 3. The van der Waals surface area contributed by atoms with Crippen molar-refractivity contribution in [3.63, 3.8) is 0 Å². The van der Waals surface area contributed by atoms with Crippen molar-refractivity contribution < 1.29 is 47.6 Å². The van der Waals surface area contributed by atoms with Crippen LogP contribution < -0.4 is 10.1 Å². The van der Waals surface area contributed by atoms with E-state index in [1.807, 2.05) is 31.3 Å². The summed E-state index contributed by atoms with van der Waals surface area (Å²) in [5, 5.41) is 16.4. The second-order valence-corrected chi connectivity index (χ2v) is 16.3. The van der Waals surface area contributed by atoms with E-state index in [0.717, 1.165) is 50.2 Å². The van der Waals surface area contributed by atoms with Gasteiger partial charge in [0, 0.05) is 42.3 Å². The number of piperidine rings is 1. The Balaban J connectivity index is 0.675. The van der Waals surface area contributed by atoms with E-state index in [0.29, 0.717) is 76.9 Å². The van der Waals surface area contributed by atoms with Crippen molar-refractivity contribution in [3.05, 3.63) is 111 Å². The van der Waals surface area contributed by atoms with Crippen LogP contribution in [0.5, 0.6) is 5.75 Å². The van der Waals surface area contributed by atoms with Crippen LogP contribution in [0, 0.1) is 18.8 Å². The zero-order valence-corrected chi connectivity index (χ0v) is 36.4. The minimum Gasteiger partial charge on any atom is -0.491 e. The topological polar surface area (TPSA) is 187 Å². The molecule has 0 spiro atoms. The van der Waals surface area contributed by atoms with Crippen LogP contribution in [-0.4, -0.2) is 112 Å². The Morgan fingerprint density at radius 2 is 1.69 bits per heavy atom. The van der Waals surface area contributed by atoms with Gasteiger partial charge in [0.25, 0.3) is 5.91 Å². The number of carbonyl (C=O) groups excluding carboxylic acids is 4. The molecule has 0 aliphatic carbocycles. The van der Waals surface area contributed by atoms with Crippen LogP contribution in [0.25, 0.3) is 5.00 Å². The summed E-state index contributed by atoms with van der Waals surface area (Å²) in [6.07, 6.45) is 5.67. The molecule has 8 rings (SSSR count). The molecule has 1 unspecified atom stereocenters. The zero-order chi connectivity index (χ0) is 44.3. The number of hydrogen-bond acceptors (Lipinski definition) is 14. The molecule has 0 bridgehead atoms.